The van der Waals surface area contributed by atoms with Crippen molar-refractivity contribution in [3.05, 3.63) is 42.0 Å². The van der Waals surface area contributed by atoms with Crippen LogP contribution in [0.1, 0.15) is 45.1 Å². The van der Waals surface area contributed by atoms with E-state index in [-0.39, 0.29) is 47.8 Å². The minimum absolute atomic E-state index is 0.0159. The molecule has 1 aromatic rings. The van der Waals surface area contributed by atoms with Gasteiger partial charge in [-0.25, -0.2) is 4.79 Å². The third kappa shape index (κ3) is 4.03. The molecule has 0 aromatic heterocycles. The van der Waals surface area contributed by atoms with E-state index in [2.05, 4.69) is 11.8 Å². The fourth-order valence-electron chi connectivity index (χ4n) is 12.4. The molecule has 0 radical (unpaired) electrons. The quantitative estimate of drug-likeness (QED) is 0.303. The molecule has 5 aliphatic carbocycles. The number of likely N-dealkylation sites (tertiary alicyclic amines) is 1. The minimum atomic E-state index is -1.49. The van der Waals surface area contributed by atoms with E-state index in [0.29, 0.717) is 13.0 Å². The maximum absolute atomic E-state index is 13.6. The fraction of sp³-hybridized carbons (Fsp3) is 0.722. The van der Waals surface area contributed by atoms with Crippen LogP contribution in [0.15, 0.2) is 36.4 Å². The summed E-state index contributed by atoms with van der Waals surface area (Å²) in [5.74, 6) is -1.93. The lowest BCUT2D eigenvalue weighted by molar-refractivity contribution is -0.289. The molecular formula is C36H49NO9. The Kier molecular flexibility index (Phi) is 7.97. The van der Waals surface area contributed by atoms with Gasteiger partial charge in [0.25, 0.3) is 0 Å². The van der Waals surface area contributed by atoms with Crippen molar-refractivity contribution in [1.29, 1.82) is 0 Å². The Bertz CT molecular complexity index is 1370. The summed E-state index contributed by atoms with van der Waals surface area (Å²) in [7, 11) is 6.89. The zero-order valence-corrected chi connectivity index (χ0v) is 27.8. The van der Waals surface area contributed by atoms with Crippen molar-refractivity contribution >= 4 is 18.0 Å². The fourth-order valence-corrected chi connectivity index (χ4v) is 12.4. The normalized spacial score (nSPS) is 46.8. The lowest BCUT2D eigenvalue weighted by Gasteiger charge is -2.69. The second-order valence-electron chi connectivity index (χ2n) is 14.7. The van der Waals surface area contributed by atoms with Gasteiger partial charge in [0.2, 0.25) is 0 Å². The number of rotatable bonds is 10. The van der Waals surface area contributed by atoms with E-state index in [4.69, 9.17) is 28.4 Å². The molecule has 1 heterocycles. The predicted octanol–water partition coefficient (Wildman–Crippen LogP) is 3.11. The van der Waals surface area contributed by atoms with Crippen molar-refractivity contribution in [2.75, 3.05) is 48.1 Å². The van der Waals surface area contributed by atoms with E-state index in [1.54, 1.807) is 34.5 Å². The summed E-state index contributed by atoms with van der Waals surface area (Å²) in [5.41, 5.74) is -2.45. The molecule has 10 heteroatoms. The molecule has 1 saturated heterocycles. The summed E-state index contributed by atoms with van der Waals surface area (Å²) in [6, 6.07) is 9.49. The number of carbonyl (C=O) groups excluding carboxylic acids is 2. The van der Waals surface area contributed by atoms with Crippen LogP contribution in [-0.4, -0.2) is 112 Å². The Balaban J connectivity index is 1.43. The highest BCUT2D eigenvalue weighted by molar-refractivity contribution is 5.87. The van der Waals surface area contributed by atoms with Crippen LogP contribution in [0.3, 0.4) is 0 Å². The van der Waals surface area contributed by atoms with Crippen LogP contribution in [0, 0.1) is 34.5 Å². The number of piperidine rings is 1. The highest BCUT2D eigenvalue weighted by Gasteiger charge is 2.89. The van der Waals surface area contributed by atoms with Crippen molar-refractivity contribution in [3.63, 3.8) is 0 Å². The second kappa shape index (κ2) is 11.4. The molecule has 1 spiro atoms. The average Bonchev–Trinajstić information content (AvgIpc) is 3.42. The number of esters is 2. The van der Waals surface area contributed by atoms with E-state index < -0.39 is 46.7 Å². The number of methoxy groups -OCH3 is 4. The van der Waals surface area contributed by atoms with Gasteiger partial charge >= 0.3 is 11.9 Å². The van der Waals surface area contributed by atoms with Gasteiger partial charge in [-0.2, -0.15) is 0 Å². The zero-order chi connectivity index (χ0) is 32.6. The van der Waals surface area contributed by atoms with Gasteiger partial charge in [-0.15, -0.1) is 0 Å². The zero-order valence-electron chi connectivity index (χ0n) is 27.8. The molecule has 6 aliphatic rings. The molecule has 5 saturated carbocycles. The molecule has 0 amide bonds. The first-order chi connectivity index (χ1) is 22.1. The number of hydrogen-bond donors (Lipinski definition) is 1. The van der Waals surface area contributed by atoms with Crippen LogP contribution in [0.25, 0.3) is 6.08 Å². The van der Waals surface area contributed by atoms with Crippen molar-refractivity contribution in [2.24, 2.45) is 34.5 Å². The number of fused-ring (bicyclic) bond motifs is 2. The molecule has 46 heavy (non-hydrogen) atoms. The maximum Gasteiger partial charge on any atom is 0.331 e. The van der Waals surface area contributed by atoms with Gasteiger partial charge in [-0.05, 0) is 43.4 Å². The number of aliphatic hydroxyl groups is 1. The first-order valence-corrected chi connectivity index (χ1v) is 16.8. The lowest BCUT2D eigenvalue weighted by Crippen LogP contribution is -2.77. The largest absolute Gasteiger partial charge is 0.458 e. The van der Waals surface area contributed by atoms with Crippen molar-refractivity contribution < 1.29 is 43.1 Å². The first kappa shape index (κ1) is 32.2. The van der Waals surface area contributed by atoms with E-state index in [9.17, 15) is 14.7 Å². The topological polar surface area (TPSA) is 113 Å². The second-order valence-corrected chi connectivity index (χ2v) is 14.7. The summed E-state index contributed by atoms with van der Waals surface area (Å²) in [6.07, 6.45) is 3.36. The third-order valence-corrected chi connectivity index (χ3v) is 13.2. The SMILES string of the molecule is CCN1C[C@]2(COC)CC[C@H](OC)[C@]34C1[C@H]([C@H](OC)[C@H]23)[C@@]1(OC(C)=O)C[C@H](OC)[C@@]2(O)C[C@@H]4[C@@H]1[C@H]2OC(=O)/C=C/c1ccccc1. The van der Waals surface area contributed by atoms with Crippen LogP contribution < -0.4 is 0 Å². The van der Waals surface area contributed by atoms with Gasteiger partial charge in [-0.3, -0.25) is 9.69 Å². The minimum Gasteiger partial charge on any atom is -0.458 e. The molecular weight excluding hydrogens is 590 g/mol. The summed E-state index contributed by atoms with van der Waals surface area (Å²) in [5, 5.41) is 12.8. The molecule has 6 fully saturated rings. The third-order valence-electron chi connectivity index (χ3n) is 13.2. The smallest absolute Gasteiger partial charge is 0.331 e. The number of nitrogens with zero attached hydrogens (tertiary/aromatic N) is 1. The van der Waals surface area contributed by atoms with Crippen molar-refractivity contribution in [1.82, 2.24) is 4.90 Å². The molecule has 1 unspecified atom stereocenters. The van der Waals surface area contributed by atoms with E-state index >= 15 is 0 Å². The standard InChI is InChI=1S/C36H49NO9/c1-7-37-19-33(20-41-3)16-15-24(42-4)36-23-17-34(40)25(43-5)18-35(46-21(2)38,28(31(36)37)29(44-6)30(33)36)27(23)32(34)45-26(39)14-13-22-11-9-8-10-12-22/h8-14,23-25,27-32,40H,7,15-20H2,1-6H3/b14-13+/t23-,24+,25+,27-,28+,29+,30-,31?,32-,33+,34+,35-,36+/m1/s1. The van der Waals surface area contributed by atoms with Gasteiger partial charge in [0.1, 0.15) is 17.3 Å². The Morgan fingerprint density at radius 3 is 2.39 bits per heavy atom. The Morgan fingerprint density at radius 2 is 1.76 bits per heavy atom. The van der Waals surface area contributed by atoms with Crippen molar-refractivity contribution in [3.8, 4) is 0 Å². The summed E-state index contributed by atoms with van der Waals surface area (Å²) >= 11 is 0. The summed E-state index contributed by atoms with van der Waals surface area (Å²) in [4.78, 5) is 29.4. The van der Waals surface area contributed by atoms with Gasteiger partial charge in [0, 0.05) is 89.0 Å². The first-order valence-electron chi connectivity index (χ1n) is 16.8. The van der Waals surface area contributed by atoms with Gasteiger partial charge in [0.15, 0.2) is 0 Å². The highest BCUT2D eigenvalue weighted by atomic mass is 16.6. The number of benzene rings is 1. The molecule has 7 rings (SSSR count). The molecule has 13 atom stereocenters. The molecule has 1 aromatic carbocycles. The monoisotopic (exact) mass is 639 g/mol. The van der Waals surface area contributed by atoms with E-state index in [1.807, 2.05) is 30.3 Å². The number of hydrogen-bond acceptors (Lipinski definition) is 10. The average molecular weight is 640 g/mol. The van der Waals surface area contributed by atoms with Crippen LogP contribution in [0.5, 0.6) is 0 Å². The number of carbonyl (C=O) groups is 2. The van der Waals surface area contributed by atoms with Crippen molar-refractivity contribution in [2.45, 2.75) is 81.2 Å². The van der Waals surface area contributed by atoms with Crippen LogP contribution in [0.4, 0.5) is 0 Å². The van der Waals surface area contributed by atoms with E-state index in [1.165, 1.54) is 13.0 Å². The van der Waals surface area contributed by atoms with Gasteiger partial charge in [0.05, 0.1) is 24.9 Å². The molecule has 1 aliphatic heterocycles. The Hall–Kier alpha value is -2.34. The van der Waals surface area contributed by atoms with Crippen LogP contribution in [0.2, 0.25) is 0 Å². The summed E-state index contributed by atoms with van der Waals surface area (Å²) in [6.45, 7) is 5.83. The lowest BCUT2D eigenvalue weighted by atomic mass is 9.43. The van der Waals surface area contributed by atoms with E-state index in [0.717, 1.165) is 31.5 Å². The predicted molar refractivity (Wildman–Crippen MR) is 167 cm³/mol. The van der Waals surface area contributed by atoms with Crippen LogP contribution >= 0.6 is 0 Å². The molecule has 252 valence electrons. The van der Waals surface area contributed by atoms with Gasteiger partial charge < -0.3 is 33.5 Å². The molecule has 7 bridgehead atoms. The maximum atomic E-state index is 13.6. The molecule has 10 nitrogen and oxygen atoms in total. The number of ether oxygens (including phenoxy) is 6. The van der Waals surface area contributed by atoms with Gasteiger partial charge in [-0.1, -0.05) is 37.3 Å². The highest BCUT2D eigenvalue weighted by Crippen LogP contribution is 2.80. The van der Waals surface area contributed by atoms with Crippen LogP contribution in [-0.2, 0) is 38.0 Å². The Morgan fingerprint density at radius 1 is 1.02 bits per heavy atom. The Labute approximate surface area is 271 Å². The summed E-state index contributed by atoms with van der Waals surface area (Å²) < 4.78 is 38.2. The molecule has 1 N–H and O–H groups in total.